The first-order chi connectivity index (χ1) is 12.4. The Hall–Kier alpha value is -3.08. The van der Waals surface area contributed by atoms with Crippen LogP contribution in [0.15, 0.2) is 46.9 Å². The SMILES string of the molecule is Cc1cc(C)cc(NC(=O)NCc2nc(-c3ccccc3C)oc2C)c1. The number of rotatable bonds is 4. The van der Waals surface area contributed by atoms with Gasteiger partial charge in [-0.25, -0.2) is 9.78 Å². The van der Waals surface area contributed by atoms with Crippen molar-refractivity contribution in [1.29, 1.82) is 0 Å². The Labute approximate surface area is 153 Å². The number of carbonyl (C=O) groups is 1. The summed E-state index contributed by atoms with van der Waals surface area (Å²) in [5.74, 6) is 1.28. The number of carbonyl (C=O) groups excluding carboxylic acids is 1. The lowest BCUT2D eigenvalue weighted by Crippen LogP contribution is -2.28. The van der Waals surface area contributed by atoms with E-state index in [9.17, 15) is 4.79 Å². The maximum atomic E-state index is 12.2. The summed E-state index contributed by atoms with van der Waals surface area (Å²) >= 11 is 0. The highest BCUT2D eigenvalue weighted by molar-refractivity contribution is 5.89. The number of benzene rings is 2. The molecule has 3 rings (SSSR count). The number of urea groups is 1. The number of nitrogens with zero attached hydrogens (tertiary/aromatic N) is 1. The number of hydrogen-bond donors (Lipinski definition) is 2. The third-order valence-corrected chi connectivity index (χ3v) is 4.16. The third kappa shape index (κ3) is 4.11. The second-order valence-electron chi connectivity index (χ2n) is 6.52. The molecule has 0 aliphatic carbocycles. The molecule has 5 nitrogen and oxygen atoms in total. The lowest BCUT2D eigenvalue weighted by atomic mass is 10.1. The molecule has 0 spiro atoms. The van der Waals surface area contributed by atoms with E-state index >= 15 is 0 Å². The molecular formula is C21H23N3O2. The van der Waals surface area contributed by atoms with E-state index in [1.807, 2.05) is 64.1 Å². The van der Waals surface area contributed by atoms with Gasteiger partial charge in [-0.3, -0.25) is 0 Å². The monoisotopic (exact) mass is 349 g/mol. The van der Waals surface area contributed by atoms with E-state index in [-0.39, 0.29) is 6.03 Å². The van der Waals surface area contributed by atoms with E-state index in [0.717, 1.165) is 33.6 Å². The van der Waals surface area contributed by atoms with Crippen LogP contribution in [0.3, 0.4) is 0 Å². The summed E-state index contributed by atoms with van der Waals surface area (Å²) < 4.78 is 5.78. The van der Waals surface area contributed by atoms with Crippen molar-refractivity contribution in [3.63, 3.8) is 0 Å². The zero-order valence-corrected chi connectivity index (χ0v) is 15.5. The summed E-state index contributed by atoms with van der Waals surface area (Å²) in [6.07, 6.45) is 0. The molecular weight excluding hydrogens is 326 g/mol. The average molecular weight is 349 g/mol. The molecule has 0 fully saturated rings. The number of hydrogen-bond acceptors (Lipinski definition) is 3. The van der Waals surface area contributed by atoms with Gasteiger partial charge in [-0.1, -0.05) is 24.3 Å². The van der Waals surface area contributed by atoms with Gasteiger partial charge in [0.25, 0.3) is 0 Å². The number of aryl methyl sites for hydroxylation is 4. The van der Waals surface area contributed by atoms with Crippen LogP contribution in [0.4, 0.5) is 10.5 Å². The van der Waals surface area contributed by atoms with Crippen LogP contribution in [0.2, 0.25) is 0 Å². The Morgan fingerprint density at radius 1 is 1.04 bits per heavy atom. The smallest absolute Gasteiger partial charge is 0.319 e. The van der Waals surface area contributed by atoms with E-state index in [2.05, 4.69) is 21.7 Å². The first kappa shape index (κ1) is 17.7. The largest absolute Gasteiger partial charge is 0.441 e. The molecule has 2 aromatic carbocycles. The van der Waals surface area contributed by atoms with Crippen LogP contribution in [0.1, 0.15) is 28.1 Å². The molecule has 0 radical (unpaired) electrons. The van der Waals surface area contributed by atoms with E-state index < -0.39 is 0 Å². The van der Waals surface area contributed by atoms with Gasteiger partial charge in [0.2, 0.25) is 5.89 Å². The summed E-state index contributed by atoms with van der Waals surface area (Å²) in [7, 11) is 0. The number of aromatic nitrogens is 1. The highest BCUT2D eigenvalue weighted by atomic mass is 16.4. The zero-order valence-electron chi connectivity index (χ0n) is 15.5. The fraction of sp³-hybridized carbons (Fsp3) is 0.238. The minimum Gasteiger partial charge on any atom is -0.441 e. The zero-order chi connectivity index (χ0) is 18.7. The van der Waals surface area contributed by atoms with Crippen molar-refractivity contribution in [3.05, 3.63) is 70.6 Å². The fourth-order valence-corrected chi connectivity index (χ4v) is 2.91. The highest BCUT2D eigenvalue weighted by Gasteiger charge is 2.13. The third-order valence-electron chi connectivity index (χ3n) is 4.16. The number of amides is 2. The normalized spacial score (nSPS) is 10.6. The van der Waals surface area contributed by atoms with Crippen LogP contribution in [0.25, 0.3) is 11.5 Å². The predicted octanol–water partition coefficient (Wildman–Crippen LogP) is 4.90. The molecule has 0 atom stereocenters. The molecule has 0 saturated carbocycles. The highest BCUT2D eigenvalue weighted by Crippen LogP contribution is 2.24. The van der Waals surface area contributed by atoms with Crippen molar-refractivity contribution < 1.29 is 9.21 Å². The van der Waals surface area contributed by atoms with Crippen LogP contribution in [0, 0.1) is 27.7 Å². The molecule has 0 aliphatic heterocycles. The van der Waals surface area contributed by atoms with Crippen LogP contribution < -0.4 is 10.6 Å². The van der Waals surface area contributed by atoms with E-state index in [1.165, 1.54) is 0 Å². The summed E-state index contributed by atoms with van der Waals surface area (Å²) in [4.78, 5) is 16.7. The molecule has 2 N–H and O–H groups in total. The van der Waals surface area contributed by atoms with Gasteiger partial charge in [-0.05, 0) is 62.6 Å². The van der Waals surface area contributed by atoms with Crippen molar-refractivity contribution in [2.45, 2.75) is 34.2 Å². The minimum absolute atomic E-state index is 0.269. The first-order valence-corrected chi connectivity index (χ1v) is 8.58. The molecule has 0 aliphatic rings. The van der Waals surface area contributed by atoms with E-state index in [0.29, 0.717) is 18.2 Å². The van der Waals surface area contributed by atoms with Gasteiger partial charge in [-0.15, -0.1) is 0 Å². The molecule has 26 heavy (non-hydrogen) atoms. The first-order valence-electron chi connectivity index (χ1n) is 8.58. The fourth-order valence-electron chi connectivity index (χ4n) is 2.91. The average Bonchev–Trinajstić information content (AvgIpc) is 2.93. The van der Waals surface area contributed by atoms with E-state index in [4.69, 9.17) is 4.42 Å². The number of nitrogens with one attached hydrogen (secondary N) is 2. The summed E-state index contributed by atoms with van der Waals surface area (Å²) in [5.41, 5.74) is 5.77. The molecule has 0 saturated heterocycles. The van der Waals surface area contributed by atoms with Crippen molar-refractivity contribution in [3.8, 4) is 11.5 Å². The van der Waals surface area contributed by atoms with Gasteiger partial charge in [0.1, 0.15) is 11.5 Å². The Morgan fingerprint density at radius 3 is 2.42 bits per heavy atom. The Kier molecular flexibility index (Phi) is 5.07. The molecule has 1 aromatic heterocycles. The molecule has 2 amide bonds. The molecule has 0 unspecified atom stereocenters. The number of anilines is 1. The maximum Gasteiger partial charge on any atom is 0.319 e. The van der Waals surface area contributed by atoms with Crippen LogP contribution >= 0.6 is 0 Å². The molecule has 3 aromatic rings. The summed E-state index contributed by atoms with van der Waals surface area (Å²) in [5, 5.41) is 5.69. The van der Waals surface area contributed by atoms with Crippen LogP contribution in [-0.4, -0.2) is 11.0 Å². The van der Waals surface area contributed by atoms with Gasteiger partial charge in [0, 0.05) is 11.3 Å². The quantitative estimate of drug-likeness (QED) is 0.704. The Morgan fingerprint density at radius 2 is 1.73 bits per heavy atom. The Bertz CT molecular complexity index is 924. The summed E-state index contributed by atoms with van der Waals surface area (Å²) in [6, 6.07) is 13.6. The summed E-state index contributed by atoms with van der Waals surface area (Å²) in [6.45, 7) is 8.18. The van der Waals surface area contributed by atoms with Crippen LogP contribution in [-0.2, 0) is 6.54 Å². The van der Waals surface area contributed by atoms with Crippen molar-refractivity contribution in [1.82, 2.24) is 10.3 Å². The van der Waals surface area contributed by atoms with Gasteiger partial charge in [0.05, 0.1) is 6.54 Å². The lowest BCUT2D eigenvalue weighted by Gasteiger charge is -2.08. The van der Waals surface area contributed by atoms with Crippen molar-refractivity contribution in [2.24, 2.45) is 0 Å². The maximum absolute atomic E-state index is 12.2. The van der Waals surface area contributed by atoms with Gasteiger partial charge >= 0.3 is 6.03 Å². The van der Waals surface area contributed by atoms with Gasteiger partial charge < -0.3 is 15.1 Å². The van der Waals surface area contributed by atoms with Crippen LogP contribution in [0.5, 0.6) is 0 Å². The molecule has 0 bridgehead atoms. The van der Waals surface area contributed by atoms with Crippen molar-refractivity contribution >= 4 is 11.7 Å². The minimum atomic E-state index is -0.269. The van der Waals surface area contributed by atoms with Crippen molar-refractivity contribution in [2.75, 3.05) is 5.32 Å². The number of oxazole rings is 1. The predicted molar refractivity (Wildman–Crippen MR) is 103 cm³/mol. The van der Waals surface area contributed by atoms with Gasteiger partial charge in [0.15, 0.2) is 0 Å². The second kappa shape index (κ2) is 7.44. The van der Waals surface area contributed by atoms with E-state index in [1.54, 1.807) is 0 Å². The molecule has 5 heteroatoms. The second-order valence-corrected chi connectivity index (χ2v) is 6.52. The molecule has 134 valence electrons. The standard InChI is InChI=1S/C21H23N3O2/c1-13-9-14(2)11-17(10-13)23-21(25)22-12-19-16(4)26-20(24-19)18-8-6-5-7-15(18)3/h5-11H,12H2,1-4H3,(H2,22,23,25). The topological polar surface area (TPSA) is 67.2 Å². The van der Waals surface area contributed by atoms with Gasteiger partial charge in [-0.2, -0.15) is 0 Å². The molecule has 1 heterocycles. The lowest BCUT2D eigenvalue weighted by molar-refractivity contribution is 0.251. The Balaban J connectivity index is 1.66.